The Balaban J connectivity index is 2.12. The number of carbonyl (C=O) groups is 1. The third-order valence-corrected chi connectivity index (χ3v) is 3.68. The molecule has 0 radical (unpaired) electrons. The van der Waals surface area contributed by atoms with Crippen LogP contribution in [0.15, 0.2) is 24.3 Å². The first-order valence-electron chi connectivity index (χ1n) is 7.03. The van der Waals surface area contributed by atoms with Gasteiger partial charge in [0.1, 0.15) is 0 Å². The number of carbonyl (C=O) groups excluding carboxylic acids is 1. The maximum Gasteiger partial charge on any atom is 0.324 e. The van der Waals surface area contributed by atoms with Gasteiger partial charge in [-0.25, -0.2) is 4.79 Å². The lowest BCUT2D eigenvalue weighted by Gasteiger charge is -2.35. The molecule has 1 fully saturated rings. The number of likely N-dealkylation sites (tertiary alicyclic amines) is 1. The normalized spacial score (nSPS) is 19.3. The molecule has 0 bridgehead atoms. The summed E-state index contributed by atoms with van der Waals surface area (Å²) < 4.78 is 0. The molecule has 0 spiro atoms. The van der Waals surface area contributed by atoms with Gasteiger partial charge in [0.05, 0.1) is 0 Å². The van der Waals surface area contributed by atoms with Crippen molar-refractivity contribution in [3.8, 4) is 0 Å². The zero-order chi connectivity index (χ0) is 13.8. The van der Waals surface area contributed by atoms with E-state index in [0.717, 1.165) is 30.9 Å². The lowest BCUT2D eigenvalue weighted by molar-refractivity contribution is 0.176. The van der Waals surface area contributed by atoms with Crippen LogP contribution in [0, 0.1) is 5.92 Å². The van der Waals surface area contributed by atoms with Crippen LogP contribution in [0.3, 0.4) is 0 Å². The molecule has 1 saturated heterocycles. The van der Waals surface area contributed by atoms with Crippen LogP contribution < -0.4 is 10.6 Å². The number of urea groups is 1. The second kappa shape index (κ2) is 5.95. The topological polar surface area (TPSA) is 49.6 Å². The van der Waals surface area contributed by atoms with Gasteiger partial charge in [-0.3, -0.25) is 4.90 Å². The quantitative estimate of drug-likeness (QED) is 0.832. The van der Waals surface area contributed by atoms with Gasteiger partial charge in [-0.05, 0) is 49.9 Å². The van der Waals surface area contributed by atoms with Crippen LogP contribution in [-0.2, 0) is 0 Å². The van der Waals surface area contributed by atoms with Gasteiger partial charge in [-0.1, -0.05) is 6.92 Å². The summed E-state index contributed by atoms with van der Waals surface area (Å²) in [5, 5.41) is 0. The number of piperidine rings is 1. The average molecular weight is 261 g/mol. The summed E-state index contributed by atoms with van der Waals surface area (Å²) >= 11 is 0. The van der Waals surface area contributed by atoms with Crippen LogP contribution in [0.1, 0.15) is 26.7 Å². The van der Waals surface area contributed by atoms with Crippen molar-refractivity contribution in [3.05, 3.63) is 24.3 Å². The lowest BCUT2D eigenvalue weighted by Crippen LogP contribution is -2.47. The molecule has 104 valence electrons. The van der Waals surface area contributed by atoms with Crippen LogP contribution >= 0.6 is 0 Å². The van der Waals surface area contributed by atoms with E-state index < -0.39 is 0 Å². The maximum absolute atomic E-state index is 12.6. The van der Waals surface area contributed by atoms with Gasteiger partial charge in [-0.15, -0.1) is 0 Å². The first-order chi connectivity index (χ1) is 9.11. The van der Waals surface area contributed by atoms with Crippen molar-refractivity contribution in [1.82, 2.24) is 4.90 Å². The van der Waals surface area contributed by atoms with Crippen molar-refractivity contribution in [2.45, 2.75) is 26.7 Å². The van der Waals surface area contributed by atoms with Gasteiger partial charge < -0.3 is 10.6 Å². The number of hydrogen-bond donors (Lipinski definition) is 1. The molecule has 1 heterocycles. The molecule has 1 aromatic carbocycles. The van der Waals surface area contributed by atoms with Crippen molar-refractivity contribution < 1.29 is 4.79 Å². The molecule has 1 atom stereocenters. The molecule has 4 heteroatoms. The highest BCUT2D eigenvalue weighted by atomic mass is 16.2. The Hall–Kier alpha value is -1.71. The van der Waals surface area contributed by atoms with E-state index in [1.807, 2.05) is 41.0 Å². The zero-order valence-corrected chi connectivity index (χ0v) is 11.8. The van der Waals surface area contributed by atoms with E-state index in [2.05, 4.69) is 6.92 Å². The molecular weight excluding hydrogens is 238 g/mol. The van der Waals surface area contributed by atoms with Gasteiger partial charge in [0.15, 0.2) is 0 Å². The van der Waals surface area contributed by atoms with Crippen LogP contribution in [0.2, 0.25) is 0 Å². The Kier molecular flexibility index (Phi) is 4.30. The highest BCUT2D eigenvalue weighted by Crippen LogP contribution is 2.21. The summed E-state index contributed by atoms with van der Waals surface area (Å²) in [6.07, 6.45) is 2.32. The van der Waals surface area contributed by atoms with Crippen LogP contribution in [0.5, 0.6) is 0 Å². The average Bonchev–Trinajstić information content (AvgIpc) is 2.41. The number of rotatable bonds is 2. The monoisotopic (exact) mass is 261 g/mol. The summed E-state index contributed by atoms with van der Waals surface area (Å²) in [5.41, 5.74) is 7.33. The first kappa shape index (κ1) is 13.7. The summed E-state index contributed by atoms with van der Waals surface area (Å²) in [6.45, 7) is 6.62. The number of benzene rings is 1. The molecular formula is C15H23N3O. The second-order valence-corrected chi connectivity index (χ2v) is 5.31. The molecule has 19 heavy (non-hydrogen) atoms. The Morgan fingerprint density at radius 2 is 2.11 bits per heavy atom. The number of nitrogens with two attached hydrogens (primary N) is 1. The highest BCUT2D eigenvalue weighted by Gasteiger charge is 2.25. The number of nitrogen functional groups attached to an aromatic ring is 1. The van der Waals surface area contributed by atoms with Crippen LogP contribution in [0.25, 0.3) is 0 Å². The molecule has 0 saturated carbocycles. The summed E-state index contributed by atoms with van der Waals surface area (Å²) in [4.78, 5) is 16.4. The van der Waals surface area contributed by atoms with E-state index in [4.69, 9.17) is 5.73 Å². The van der Waals surface area contributed by atoms with E-state index in [-0.39, 0.29) is 6.03 Å². The van der Waals surface area contributed by atoms with E-state index in [0.29, 0.717) is 12.5 Å². The predicted octanol–water partition coefficient (Wildman–Crippen LogP) is 2.95. The summed E-state index contributed by atoms with van der Waals surface area (Å²) in [6, 6.07) is 7.60. The van der Waals surface area contributed by atoms with Gasteiger partial charge in [0.25, 0.3) is 0 Å². The van der Waals surface area contributed by atoms with E-state index in [1.54, 1.807) is 0 Å². The number of amides is 2. The first-order valence-corrected chi connectivity index (χ1v) is 7.03. The molecule has 2 amide bonds. The number of hydrogen-bond acceptors (Lipinski definition) is 2. The minimum atomic E-state index is 0.110. The smallest absolute Gasteiger partial charge is 0.324 e. The minimum absolute atomic E-state index is 0.110. The second-order valence-electron chi connectivity index (χ2n) is 5.31. The lowest BCUT2D eigenvalue weighted by atomic mass is 10.0. The molecule has 0 aromatic heterocycles. The maximum atomic E-state index is 12.6. The standard InChI is InChI=1S/C15H23N3O/c1-3-18(14-8-6-13(16)7-9-14)15(19)17-10-4-5-12(2)11-17/h6-9,12H,3-5,10-11,16H2,1-2H3. The molecule has 1 aromatic rings. The van der Waals surface area contributed by atoms with E-state index >= 15 is 0 Å². The van der Waals surface area contributed by atoms with E-state index in [9.17, 15) is 4.79 Å². The fourth-order valence-corrected chi connectivity index (χ4v) is 2.62. The van der Waals surface area contributed by atoms with Gasteiger partial charge >= 0.3 is 6.03 Å². The Morgan fingerprint density at radius 1 is 1.42 bits per heavy atom. The highest BCUT2D eigenvalue weighted by molar-refractivity contribution is 5.92. The Bertz CT molecular complexity index is 430. The van der Waals surface area contributed by atoms with Crippen LogP contribution in [-0.4, -0.2) is 30.6 Å². The summed E-state index contributed by atoms with van der Waals surface area (Å²) in [5.74, 6) is 0.600. The van der Waals surface area contributed by atoms with Crippen molar-refractivity contribution in [1.29, 1.82) is 0 Å². The molecule has 4 nitrogen and oxygen atoms in total. The van der Waals surface area contributed by atoms with Crippen molar-refractivity contribution in [2.75, 3.05) is 30.3 Å². The third-order valence-electron chi connectivity index (χ3n) is 3.68. The Morgan fingerprint density at radius 3 is 2.68 bits per heavy atom. The van der Waals surface area contributed by atoms with Gasteiger partial charge in [0, 0.05) is 31.0 Å². The van der Waals surface area contributed by atoms with Crippen molar-refractivity contribution in [3.63, 3.8) is 0 Å². The molecule has 0 aliphatic carbocycles. The molecule has 1 aliphatic rings. The molecule has 2 N–H and O–H groups in total. The Labute approximate surface area is 115 Å². The van der Waals surface area contributed by atoms with Crippen LogP contribution in [0.4, 0.5) is 16.2 Å². The van der Waals surface area contributed by atoms with Crippen molar-refractivity contribution >= 4 is 17.4 Å². The predicted molar refractivity (Wildman–Crippen MR) is 79.2 cm³/mol. The van der Waals surface area contributed by atoms with E-state index in [1.165, 1.54) is 6.42 Å². The molecule has 1 aliphatic heterocycles. The molecule has 1 unspecified atom stereocenters. The number of anilines is 2. The zero-order valence-electron chi connectivity index (χ0n) is 11.8. The fourth-order valence-electron chi connectivity index (χ4n) is 2.62. The largest absolute Gasteiger partial charge is 0.399 e. The molecule has 2 rings (SSSR count). The summed E-state index contributed by atoms with van der Waals surface area (Å²) in [7, 11) is 0. The van der Waals surface area contributed by atoms with Gasteiger partial charge in [-0.2, -0.15) is 0 Å². The number of nitrogens with zero attached hydrogens (tertiary/aromatic N) is 2. The fraction of sp³-hybridized carbons (Fsp3) is 0.533. The van der Waals surface area contributed by atoms with Crippen molar-refractivity contribution in [2.24, 2.45) is 5.92 Å². The minimum Gasteiger partial charge on any atom is -0.399 e. The van der Waals surface area contributed by atoms with Gasteiger partial charge in [0.2, 0.25) is 0 Å². The third kappa shape index (κ3) is 3.19. The SMILES string of the molecule is CCN(C(=O)N1CCCC(C)C1)c1ccc(N)cc1.